The summed E-state index contributed by atoms with van der Waals surface area (Å²) >= 11 is 0. The Morgan fingerprint density at radius 3 is 2.52 bits per heavy atom. The maximum atomic E-state index is 13.1. The highest BCUT2D eigenvalue weighted by atomic mass is 16.5. The van der Waals surface area contributed by atoms with Crippen LogP contribution in [0.3, 0.4) is 0 Å². The second kappa shape index (κ2) is 9.56. The number of rotatable bonds is 7. The van der Waals surface area contributed by atoms with Gasteiger partial charge in [-0.1, -0.05) is 38.1 Å². The number of carbonyl (C=O) groups excluding carboxylic acids is 2. The van der Waals surface area contributed by atoms with Crippen LogP contribution in [0.4, 0.5) is 5.69 Å². The van der Waals surface area contributed by atoms with Crippen molar-refractivity contribution in [1.29, 1.82) is 0 Å². The summed E-state index contributed by atoms with van der Waals surface area (Å²) in [6, 6.07) is 14.7. The second-order valence-electron chi connectivity index (χ2n) is 7.41. The third-order valence-corrected chi connectivity index (χ3v) is 5.38. The predicted molar refractivity (Wildman–Crippen MR) is 114 cm³/mol. The summed E-state index contributed by atoms with van der Waals surface area (Å²) in [5.41, 5.74) is 8.34. The molecule has 29 heavy (non-hydrogen) atoms. The summed E-state index contributed by atoms with van der Waals surface area (Å²) in [5.74, 6) is 0.433. The van der Waals surface area contributed by atoms with Gasteiger partial charge < -0.3 is 20.7 Å². The maximum absolute atomic E-state index is 13.1. The molecule has 0 bridgehead atoms. The lowest BCUT2D eigenvalue weighted by Crippen LogP contribution is -2.52. The molecule has 154 valence electrons. The number of nitrogens with zero attached hydrogens (tertiary/aromatic N) is 1. The molecule has 2 atom stereocenters. The first-order valence-electron chi connectivity index (χ1n) is 10.1. The zero-order valence-corrected chi connectivity index (χ0v) is 17.1. The highest BCUT2D eigenvalue weighted by Crippen LogP contribution is 2.26. The van der Waals surface area contributed by atoms with Gasteiger partial charge in [-0.2, -0.15) is 0 Å². The van der Waals surface area contributed by atoms with Gasteiger partial charge in [0.25, 0.3) is 0 Å². The lowest BCUT2D eigenvalue weighted by Gasteiger charge is -2.37. The number of benzene rings is 2. The number of ether oxygens (including phenoxy) is 1. The Morgan fingerprint density at radius 1 is 1.17 bits per heavy atom. The molecule has 1 aliphatic rings. The third-order valence-electron chi connectivity index (χ3n) is 5.38. The van der Waals surface area contributed by atoms with Crippen molar-refractivity contribution in [3.8, 4) is 5.75 Å². The lowest BCUT2D eigenvalue weighted by atomic mass is 9.92. The molecule has 0 saturated heterocycles. The molecule has 0 fully saturated rings. The largest absolute Gasteiger partial charge is 0.492 e. The van der Waals surface area contributed by atoms with Crippen LogP contribution in [-0.4, -0.2) is 35.9 Å². The number of amides is 2. The molecule has 1 aliphatic heterocycles. The van der Waals surface area contributed by atoms with Crippen molar-refractivity contribution in [3.05, 3.63) is 59.7 Å². The lowest BCUT2D eigenvalue weighted by molar-refractivity contribution is -0.143. The smallest absolute Gasteiger partial charge is 0.247 e. The van der Waals surface area contributed by atoms with Crippen LogP contribution in [-0.2, 0) is 22.6 Å². The molecule has 2 aromatic rings. The number of fused-ring (bicyclic) bond motifs is 1. The van der Waals surface area contributed by atoms with E-state index in [4.69, 9.17) is 10.5 Å². The summed E-state index contributed by atoms with van der Waals surface area (Å²) in [5, 5.41) is 2.95. The topological polar surface area (TPSA) is 84.7 Å². The Balaban J connectivity index is 1.77. The molecule has 2 aromatic carbocycles. The molecular weight excluding hydrogens is 366 g/mol. The zero-order chi connectivity index (χ0) is 20.8. The fourth-order valence-corrected chi connectivity index (χ4v) is 3.48. The van der Waals surface area contributed by atoms with Crippen LogP contribution in [0, 0.1) is 5.92 Å². The minimum atomic E-state index is -0.528. The van der Waals surface area contributed by atoms with Crippen LogP contribution in [0.5, 0.6) is 5.75 Å². The van der Waals surface area contributed by atoms with Gasteiger partial charge in [-0.3, -0.25) is 9.59 Å². The van der Waals surface area contributed by atoms with Crippen LogP contribution < -0.4 is 15.8 Å². The van der Waals surface area contributed by atoms with E-state index >= 15 is 0 Å². The Labute approximate surface area is 172 Å². The van der Waals surface area contributed by atoms with Crippen molar-refractivity contribution in [2.45, 2.75) is 39.3 Å². The average Bonchev–Trinajstić information content (AvgIpc) is 2.76. The van der Waals surface area contributed by atoms with E-state index in [1.54, 1.807) is 29.2 Å². The van der Waals surface area contributed by atoms with E-state index in [-0.39, 0.29) is 17.7 Å². The monoisotopic (exact) mass is 395 g/mol. The van der Waals surface area contributed by atoms with E-state index < -0.39 is 6.04 Å². The van der Waals surface area contributed by atoms with Gasteiger partial charge in [0.05, 0.1) is 0 Å². The number of hydrogen-bond donors (Lipinski definition) is 2. The van der Waals surface area contributed by atoms with Crippen LogP contribution in [0.15, 0.2) is 48.5 Å². The van der Waals surface area contributed by atoms with E-state index in [0.29, 0.717) is 37.6 Å². The molecule has 0 aromatic heterocycles. The van der Waals surface area contributed by atoms with Crippen molar-refractivity contribution < 1.29 is 14.3 Å². The molecule has 3 N–H and O–H groups in total. The minimum Gasteiger partial charge on any atom is -0.492 e. The van der Waals surface area contributed by atoms with Crippen LogP contribution in [0.25, 0.3) is 0 Å². The molecule has 3 rings (SSSR count). The number of hydrogen-bond acceptors (Lipinski definition) is 4. The Bertz CT molecular complexity index is 851. The molecule has 2 unspecified atom stereocenters. The van der Waals surface area contributed by atoms with Gasteiger partial charge in [0.1, 0.15) is 18.4 Å². The van der Waals surface area contributed by atoms with Gasteiger partial charge in [-0.15, -0.1) is 0 Å². The fraction of sp³-hybridized carbons (Fsp3) is 0.391. The second-order valence-corrected chi connectivity index (χ2v) is 7.41. The fourth-order valence-electron chi connectivity index (χ4n) is 3.48. The summed E-state index contributed by atoms with van der Waals surface area (Å²) in [7, 11) is 0. The maximum Gasteiger partial charge on any atom is 0.247 e. The highest BCUT2D eigenvalue weighted by molar-refractivity contribution is 5.98. The number of nitrogens with one attached hydrogen (secondary N) is 1. The number of carbonyl (C=O) groups is 2. The predicted octanol–water partition coefficient (Wildman–Crippen LogP) is 2.96. The van der Waals surface area contributed by atoms with Gasteiger partial charge in [-0.05, 0) is 41.8 Å². The SMILES string of the molecule is CCC(C)C(=O)N1Cc2ccccc2CC1C(=O)Nc1ccc(OCCN)cc1. The van der Waals surface area contributed by atoms with E-state index in [9.17, 15) is 9.59 Å². The summed E-state index contributed by atoms with van der Waals surface area (Å²) in [6.07, 6.45) is 1.26. The molecule has 0 saturated carbocycles. The summed E-state index contributed by atoms with van der Waals surface area (Å²) in [4.78, 5) is 27.8. The molecule has 1 heterocycles. The standard InChI is InChI=1S/C23H29N3O3/c1-3-16(2)23(28)26-15-18-7-5-4-6-17(18)14-21(26)22(27)25-19-8-10-20(11-9-19)29-13-12-24/h4-11,16,21H,3,12-15,24H2,1-2H3,(H,25,27). The first-order chi connectivity index (χ1) is 14.0. The van der Waals surface area contributed by atoms with Crippen LogP contribution >= 0.6 is 0 Å². The molecule has 6 heteroatoms. The van der Waals surface area contributed by atoms with Gasteiger partial charge in [0, 0.05) is 31.1 Å². The number of anilines is 1. The normalized spacial score (nSPS) is 16.7. The molecule has 2 amide bonds. The first kappa shape index (κ1) is 20.9. The van der Waals surface area contributed by atoms with Gasteiger partial charge in [0.2, 0.25) is 11.8 Å². The van der Waals surface area contributed by atoms with Crippen molar-refractivity contribution >= 4 is 17.5 Å². The molecular formula is C23H29N3O3. The van der Waals surface area contributed by atoms with Crippen molar-refractivity contribution in [3.63, 3.8) is 0 Å². The van der Waals surface area contributed by atoms with Crippen molar-refractivity contribution in [1.82, 2.24) is 4.90 Å². The van der Waals surface area contributed by atoms with E-state index in [0.717, 1.165) is 17.5 Å². The molecule has 0 aliphatic carbocycles. The van der Waals surface area contributed by atoms with E-state index in [1.165, 1.54) is 0 Å². The van der Waals surface area contributed by atoms with Crippen LogP contribution in [0.2, 0.25) is 0 Å². The summed E-state index contributed by atoms with van der Waals surface area (Å²) < 4.78 is 5.47. The third kappa shape index (κ3) is 4.95. The van der Waals surface area contributed by atoms with Gasteiger partial charge in [0.15, 0.2) is 0 Å². The van der Waals surface area contributed by atoms with Gasteiger partial charge in [-0.25, -0.2) is 0 Å². The van der Waals surface area contributed by atoms with E-state index in [1.807, 2.05) is 38.1 Å². The Kier molecular flexibility index (Phi) is 6.88. The molecule has 0 radical (unpaired) electrons. The Hall–Kier alpha value is -2.86. The first-order valence-corrected chi connectivity index (χ1v) is 10.1. The molecule has 0 spiro atoms. The van der Waals surface area contributed by atoms with Crippen molar-refractivity contribution in [2.24, 2.45) is 11.7 Å². The zero-order valence-electron chi connectivity index (χ0n) is 17.1. The van der Waals surface area contributed by atoms with E-state index in [2.05, 4.69) is 5.32 Å². The quantitative estimate of drug-likeness (QED) is 0.755. The van der Waals surface area contributed by atoms with Crippen LogP contribution in [0.1, 0.15) is 31.4 Å². The van der Waals surface area contributed by atoms with Crippen molar-refractivity contribution in [2.75, 3.05) is 18.5 Å². The minimum absolute atomic E-state index is 0.0210. The van der Waals surface area contributed by atoms with Gasteiger partial charge >= 0.3 is 0 Å². The summed E-state index contributed by atoms with van der Waals surface area (Å²) in [6.45, 7) is 5.26. The highest BCUT2D eigenvalue weighted by Gasteiger charge is 2.35. The molecule has 6 nitrogen and oxygen atoms in total. The Morgan fingerprint density at radius 2 is 1.86 bits per heavy atom. The number of nitrogens with two attached hydrogens (primary N) is 1. The average molecular weight is 396 g/mol.